The van der Waals surface area contributed by atoms with Crippen molar-refractivity contribution in [2.45, 2.75) is 39.4 Å². The van der Waals surface area contributed by atoms with E-state index in [1.54, 1.807) is 0 Å². The van der Waals surface area contributed by atoms with Crippen LogP contribution in [0, 0.1) is 5.92 Å². The lowest BCUT2D eigenvalue weighted by atomic mass is 10.0. The Balaban J connectivity index is 2.19. The quantitative estimate of drug-likeness (QED) is 0.919. The summed E-state index contributed by atoms with van der Waals surface area (Å²) in [6, 6.07) is 7.93. The Morgan fingerprint density at radius 2 is 1.95 bits per heavy atom. The summed E-state index contributed by atoms with van der Waals surface area (Å²) in [7, 11) is 0. The van der Waals surface area contributed by atoms with Gasteiger partial charge in [-0.15, -0.1) is 0 Å². The highest BCUT2D eigenvalue weighted by Gasteiger charge is 2.34. The van der Waals surface area contributed by atoms with Gasteiger partial charge in [-0.25, -0.2) is 0 Å². The zero-order valence-electron chi connectivity index (χ0n) is 11.7. The number of rotatable bonds is 4. The standard InChI is InChI=1S/C15H21ClN2O/c1-10(2)8-11(3)18-14(19)9-17-15(18)12-4-6-13(16)7-5-12/h4-7,10-11,15,17H,8-9H2,1-3H3. The maximum Gasteiger partial charge on any atom is 0.238 e. The van der Waals surface area contributed by atoms with Crippen LogP contribution in [0.4, 0.5) is 0 Å². The highest BCUT2D eigenvalue weighted by molar-refractivity contribution is 6.30. The molecule has 0 bridgehead atoms. The molecule has 1 aliphatic rings. The Bertz CT molecular complexity index is 444. The average molecular weight is 281 g/mol. The monoisotopic (exact) mass is 280 g/mol. The maximum absolute atomic E-state index is 12.1. The van der Waals surface area contributed by atoms with Crippen LogP contribution >= 0.6 is 11.6 Å². The second-order valence-electron chi connectivity index (χ2n) is 5.61. The second-order valence-corrected chi connectivity index (χ2v) is 6.05. The van der Waals surface area contributed by atoms with Gasteiger partial charge < -0.3 is 4.90 Å². The molecule has 0 radical (unpaired) electrons. The molecule has 1 aromatic carbocycles. The van der Waals surface area contributed by atoms with Crippen LogP contribution in [0.1, 0.15) is 38.9 Å². The molecule has 1 saturated heterocycles. The molecular weight excluding hydrogens is 260 g/mol. The first-order valence-electron chi connectivity index (χ1n) is 6.79. The van der Waals surface area contributed by atoms with Crippen molar-refractivity contribution in [1.82, 2.24) is 10.2 Å². The van der Waals surface area contributed by atoms with Crippen molar-refractivity contribution in [1.29, 1.82) is 0 Å². The molecule has 1 N–H and O–H groups in total. The number of amides is 1. The van der Waals surface area contributed by atoms with Gasteiger partial charge in [-0.1, -0.05) is 37.6 Å². The number of carbonyl (C=O) groups is 1. The maximum atomic E-state index is 12.1. The molecule has 2 atom stereocenters. The normalized spacial score (nSPS) is 21.2. The van der Waals surface area contributed by atoms with Crippen LogP contribution in [0.2, 0.25) is 5.02 Å². The SMILES string of the molecule is CC(C)CC(C)N1C(=O)CNC1c1ccc(Cl)cc1. The van der Waals surface area contributed by atoms with Crippen molar-refractivity contribution in [3.63, 3.8) is 0 Å². The fraction of sp³-hybridized carbons (Fsp3) is 0.533. The van der Waals surface area contributed by atoms with Crippen LogP contribution in [-0.4, -0.2) is 23.4 Å². The van der Waals surface area contributed by atoms with E-state index in [0.717, 1.165) is 17.0 Å². The van der Waals surface area contributed by atoms with E-state index in [4.69, 9.17) is 11.6 Å². The highest BCUT2D eigenvalue weighted by Crippen LogP contribution is 2.27. The number of benzene rings is 1. The molecule has 0 saturated carbocycles. The number of nitrogens with zero attached hydrogens (tertiary/aromatic N) is 1. The zero-order chi connectivity index (χ0) is 14.0. The summed E-state index contributed by atoms with van der Waals surface area (Å²) in [5.74, 6) is 0.752. The van der Waals surface area contributed by atoms with Gasteiger partial charge in [0, 0.05) is 11.1 Å². The van der Waals surface area contributed by atoms with Gasteiger partial charge in [0.25, 0.3) is 0 Å². The summed E-state index contributed by atoms with van der Waals surface area (Å²) in [6.07, 6.45) is 0.982. The van der Waals surface area contributed by atoms with Crippen LogP contribution in [-0.2, 0) is 4.79 Å². The fourth-order valence-corrected chi connectivity index (χ4v) is 2.86. The molecule has 1 aliphatic heterocycles. The van der Waals surface area contributed by atoms with Crippen molar-refractivity contribution in [3.05, 3.63) is 34.9 Å². The molecule has 1 heterocycles. The Morgan fingerprint density at radius 1 is 1.32 bits per heavy atom. The predicted molar refractivity (Wildman–Crippen MR) is 78.0 cm³/mol. The molecule has 1 aromatic rings. The van der Waals surface area contributed by atoms with Crippen molar-refractivity contribution in [2.24, 2.45) is 5.92 Å². The van der Waals surface area contributed by atoms with Crippen LogP contribution in [0.3, 0.4) is 0 Å². The number of halogens is 1. The molecule has 2 rings (SSSR count). The Morgan fingerprint density at radius 3 is 2.53 bits per heavy atom. The van der Waals surface area contributed by atoms with Crippen molar-refractivity contribution < 1.29 is 4.79 Å². The first-order chi connectivity index (χ1) is 8.99. The van der Waals surface area contributed by atoms with Gasteiger partial charge in [0.1, 0.15) is 6.17 Å². The average Bonchev–Trinajstić information content (AvgIpc) is 2.71. The van der Waals surface area contributed by atoms with Crippen molar-refractivity contribution >= 4 is 17.5 Å². The van der Waals surface area contributed by atoms with Gasteiger partial charge in [-0.05, 0) is 37.0 Å². The Labute approximate surface area is 119 Å². The molecule has 19 heavy (non-hydrogen) atoms. The molecule has 3 nitrogen and oxygen atoms in total. The number of carbonyl (C=O) groups excluding carboxylic acids is 1. The van der Waals surface area contributed by atoms with E-state index < -0.39 is 0 Å². The highest BCUT2D eigenvalue weighted by atomic mass is 35.5. The topological polar surface area (TPSA) is 32.3 Å². The van der Waals surface area contributed by atoms with Gasteiger partial charge in [0.2, 0.25) is 5.91 Å². The van der Waals surface area contributed by atoms with E-state index in [2.05, 4.69) is 26.1 Å². The first kappa shape index (κ1) is 14.4. The van der Waals surface area contributed by atoms with E-state index >= 15 is 0 Å². The molecule has 2 unspecified atom stereocenters. The summed E-state index contributed by atoms with van der Waals surface area (Å²) in [4.78, 5) is 14.0. The molecule has 0 spiro atoms. The lowest BCUT2D eigenvalue weighted by Crippen LogP contribution is -2.38. The summed E-state index contributed by atoms with van der Waals surface area (Å²) in [6.45, 7) is 6.90. The van der Waals surface area contributed by atoms with Crippen molar-refractivity contribution in [2.75, 3.05) is 6.54 Å². The lowest BCUT2D eigenvalue weighted by molar-refractivity contribution is -0.130. The van der Waals surface area contributed by atoms with Crippen molar-refractivity contribution in [3.8, 4) is 0 Å². The summed E-state index contributed by atoms with van der Waals surface area (Å²) in [5.41, 5.74) is 1.09. The third-order valence-electron chi connectivity index (χ3n) is 3.49. The largest absolute Gasteiger partial charge is 0.319 e. The van der Waals surface area contributed by atoms with Crippen LogP contribution < -0.4 is 5.32 Å². The van der Waals surface area contributed by atoms with E-state index in [-0.39, 0.29) is 18.1 Å². The fourth-order valence-electron chi connectivity index (χ4n) is 2.74. The van der Waals surface area contributed by atoms with Crippen LogP contribution in [0.25, 0.3) is 0 Å². The Kier molecular flexibility index (Phi) is 4.48. The summed E-state index contributed by atoms with van der Waals surface area (Å²) in [5, 5.41) is 4.00. The summed E-state index contributed by atoms with van der Waals surface area (Å²) >= 11 is 5.91. The molecule has 0 aliphatic carbocycles. The van der Waals surface area contributed by atoms with Crippen LogP contribution in [0.5, 0.6) is 0 Å². The van der Waals surface area contributed by atoms with E-state index in [1.165, 1.54) is 0 Å². The van der Waals surface area contributed by atoms with Gasteiger partial charge in [0.15, 0.2) is 0 Å². The molecule has 104 valence electrons. The molecule has 4 heteroatoms. The van der Waals surface area contributed by atoms with Gasteiger partial charge >= 0.3 is 0 Å². The first-order valence-corrected chi connectivity index (χ1v) is 7.17. The van der Waals surface area contributed by atoms with Crippen LogP contribution in [0.15, 0.2) is 24.3 Å². The third-order valence-corrected chi connectivity index (χ3v) is 3.74. The molecule has 0 aromatic heterocycles. The van der Waals surface area contributed by atoms with Gasteiger partial charge in [-0.3, -0.25) is 10.1 Å². The van der Waals surface area contributed by atoms with E-state index in [0.29, 0.717) is 12.5 Å². The smallest absolute Gasteiger partial charge is 0.238 e. The lowest BCUT2D eigenvalue weighted by Gasteiger charge is -2.31. The predicted octanol–water partition coefficient (Wildman–Crippen LogP) is 3.21. The molecular formula is C15H21ClN2O. The van der Waals surface area contributed by atoms with Gasteiger partial charge in [-0.2, -0.15) is 0 Å². The third kappa shape index (κ3) is 3.28. The number of nitrogens with one attached hydrogen (secondary N) is 1. The number of hydrogen-bond donors (Lipinski definition) is 1. The minimum absolute atomic E-state index is 0.0292. The van der Waals surface area contributed by atoms with E-state index in [1.807, 2.05) is 29.2 Å². The Hall–Kier alpha value is -1.06. The summed E-state index contributed by atoms with van der Waals surface area (Å²) < 4.78 is 0. The minimum Gasteiger partial charge on any atom is -0.319 e. The van der Waals surface area contributed by atoms with E-state index in [9.17, 15) is 4.79 Å². The molecule has 1 amide bonds. The number of hydrogen-bond acceptors (Lipinski definition) is 2. The molecule has 1 fully saturated rings. The second kappa shape index (κ2) is 5.93. The van der Waals surface area contributed by atoms with Gasteiger partial charge in [0.05, 0.1) is 6.54 Å². The zero-order valence-corrected chi connectivity index (χ0v) is 12.4. The minimum atomic E-state index is -0.0292.